The molecule has 0 saturated carbocycles. The second-order valence-electron chi connectivity index (χ2n) is 3.78. The van der Waals surface area contributed by atoms with Crippen molar-refractivity contribution in [2.24, 2.45) is 5.92 Å². The highest BCUT2D eigenvalue weighted by atomic mass is 19.3. The number of nitrogens with zero attached hydrogens (tertiary/aromatic N) is 2. The predicted octanol–water partition coefficient (Wildman–Crippen LogP) is 0.442. The Morgan fingerprint density at radius 1 is 1.50 bits per heavy atom. The van der Waals surface area contributed by atoms with Crippen LogP contribution in [0.5, 0.6) is 0 Å². The molecule has 0 heterocycles. The molecule has 0 fully saturated rings. The van der Waals surface area contributed by atoms with E-state index in [1.165, 1.54) is 6.92 Å². The van der Waals surface area contributed by atoms with E-state index in [4.69, 9.17) is 5.53 Å². The average Bonchev–Trinajstić information content (AvgIpc) is 2.28. The fourth-order valence-corrected chi connectivity index (χ4v) is 1.05. The molecule has 0 saturated heterocycles. The molecule has 0 spiro atoms. The minimum absolute atomic E-state index is 0.0786. The molecule has 18 heavy (non-hydrogen) atoms. The van der Waals surface area contributed by atoms with Crippen molar-refractivity contribution in [3.63, 3.8) is 0 Å². The quantitative estimate of drug-likeness (QED) is 0.247. The molecular weight excluding hydrogens is 250 g/mol. The Labute approximate surface area is 102 Å². The molecule has 0 radical (unpaired) electrons. The number of rotatable bonds is 6. The number of hydrogen-bond donors (Lipinski definition) is 1. The van der Waals surface area contributed by atoms with Crippen molar-refractivity contribution in [2.45, 2.75) is 32.8 Å². The number of carbonyl (C=O) groups excluding carboxylic acids is 2. The summed E-state index contributed by atoms with van der Waals surface area (Å²) in [6.45, 7) is 3.13. The molecular formula is C10H14F2N2O4. The van der Waals surface area contributed by atoms with Gasteiger partial charge < -0.3 is 15.4 Å². The molecule has 2 atom stereocenters. The number of alkyl halides is 2. The lowest BCUT2D eigenvalue weighted by atomic mass is 9.86. The maximum absolute atomic E-state index is 12.5. The van der Waals surface area contributed by atoms with Gasteiger partial charge in [-0.1, -0.05) is 6.92 Å². The smallest absolute Gasteiger partial charge is 0.441 e. The fourth-order valence-electron chi connectivity index (χ4n) is 1.05. The monoisotopic (exact) mass is 264 g/mol. The number of halogens is 2. The van der Waals surface area contributed by atoms with E-state index in [2.05, 4.69) is 9.53 Å². The van der Waals surface area contributed by atoms with Gasteiger partial charge in [-0.25, -0.2) is 13.6 Å². The van der Waals surface area contributed by atoms with Gasteiger partial charge >= 0.3 is 11.7 Å². The predicted molar refractivity (Wildman–Crippen MR) is 56.1 cm³/mol. The molecule has 102 valence electrons. The molecule has 0 aromatic heterocycles. The van der Waals surface area contributed by atoms with E-state index in [-0.39, 0.29) is 6.61 Å². The number of hydrogen-bond acceptors (Lipinski definition) is 4. The summed E-state index contributed by atoms with van der Waals surface area (Å²) in [5.74, 6) is -4.09. The van der Waals surface area contributed by atoms with Crippen LogP contribution >= 0.6 is 0 Å². The SMILES string of the molecule is CCOC(=O)C(=[N+]=[N-])C(=O)C(C)C(C)(O)C(F)F. The van der Waals surface area contributed by atoms with Crippen LogP contribution in [0.4, 0.5) is 8.78 Å². The zero-order chi connectivity index (χ0) is 14.5. The van der Waals surface area contributed by atoms with E-state index in [0.29, 0.717) is 0 Å². The van der Waals surface area contributed by atoms with Crippen LogP contribution in [0.1, 0.15) is 20.8 Å². The van der Waals surface area contributed by atoms with Crippen molar-refractivity contribution in [1.29, 1.82) is 0 Å². The number of carbonyl (C=O) groups is 2. The molecule has 0 bridgehead atoms. The van der Waals surface area contributed by atoms with E-state index in [9.17, 15) is 23.5 Å². The Kier molecular flexibility index (Phi) is 5.74. The third-order valence-electron chi connectivity index (χ3n) is 2.51. The molecule has 0 aliphatic carbocycles. The van der Waals surface area contributed by atoms with Crippen molar-refractivity contribution in [1.82, 2.24) is 0 Å². The van der Waals surface area contributed by atoms with Crippen LogP contribution in [-0.2, 0) is 14.3 Å². The Morgan fingerprint density at radius 2 is 2.00 bits per heavy atom. The molecule has 0 aromatic rings. The van der Waals surface area contributed by atoms with Crippen LogP contribution < -0.4 is 0 Å². The Hall–Kier alpha value is -1.66. The second kappa shape index (κ2) is 6.32. The van der Waals surface area contributed by atoms with Gasteiger partial charge in [0.15, 0.2) is 0 Å². The van der Waals surface area contributed by atoms with Gasteiger partial charge in [0.25, 0.3) is 12.2 Å². The lowest BCUT2D eigenvalue weighted by molar-refractivity contribution is -0.150. The molecule has 0 amide bonds. The van der Waals surface area contributed by atoms with E-state index in [1.54, 1.807) is 0 Å². The number of Topliss-reactive ketones (excluding diaryl/α,β-unsaturated/α-hetero) is 1. The number of esters is 1. The summed E-state index contributed by atoms with van der Waals surface area (Å²) >= 11 is 0. The highest BCUT2D eigenvalue weighted by Gasteiger charge is 2.47. The van der Waals surface area contributed by atoms with Gasteiger partial charge in [0.05, 0.1) is 12.5 Å². The largest absolute Gasteiger partial charge is 0.457 e. The van der Waals surface area contributed by atoms with Crippen LogP contribution in [0.3, 0.4) is 0 Å². The molecule has 0 rings (SSSR count). The van der Waals surface area contributed by atoms with Crippen molar-refractivity contribution in [2.75, 3.05) is 6.61 Å². The molecule has 0 aliphatic rings. The van der Waals surface area contributed by atoms with Crippen LogP contribution in [0.25, 0.3) is 5.53 Å². The number of ketones is 1. The van der Waals surface area contributed by atoms with Crippen molar-refractivity contribution >= 4 is 17.5 Å². The van der Waals surface area contributed by atoms with Gasteiger partial charge in [-0.05, 0) is 13.8 Å². The van der Waals surface area contributed by atoms with Gasteiger partial charge in [-0.2, -0.15) is 4.79 Å². The van der Waals surface area contributed by atoms with E-state index in [0.717, 1.165) is 13.8 Å². The summed E-state index contributed by atoms with van der Waals surface area (Å²) in [7, 11) is 0. The van der Waals surface area contributed by atoms with E-state index < -0.39 is 35.4 Å². The topological polar surface area (TPSA) is 100 Å². The number of ether oxygens (including phenoxy) is 1. The maximum atomic E-state index is 12.5. The normalized spacial score (nSPS) is 15.5. The third kappa shape index (κ3) is 3.41. The molecule has 6 nitrogen and oxygen atoms in total. The fraction of sp³-hybridized carbons (Fsp3) is 0.700. The lowest BCUT2D eigenvalue weighted by Crippen LogP contribution is -2.47. The summed E-state index contributed by atoms with van der Waals surface area (Å²) in [6.07, 6.45) is -3.20. The zero-order valence-corrected chi connectivity index (χ0v) is 10.2. The third-order valence-corrected chi connectivity index (χ3v) is 2.51. The molecule has 0 aliphatic heterocycles. The first-order valence-corrected chi connectivity index (χ1v) is 5.14. The van der Waals surface area contributed by atoms with Gasteiger partial charge in [0.2, 0.25) is 0 Å². The Morgan fingerprint density at radius 3 is 2.33 bits per heavy atom. The maximum Gasteiger partial charge on any atom is 0.441 e. The first-order valence-electron chi connectivity index (χ1n) is 5.14. The standard InChI is InChI=1S/C10H14F2N2O4/c1-4-18-8(16)6(14-13)7(15)5(2)10(3,17)9(11)12/h5,9,17H,4H2,1-3H3. The minimum atomic E-state index is -3.20. The average molecular weight is 264 g/mol. The first kappa shape index (κ1) is 16.3. The lowest BCUT2D eigenvalue weighted by Gasteiger charge is -2.26. The minimum Gasteiger partial charge on any atom is -0.457 e. The van der Waals surface area contributed by atoms with Crippen LogP contribution in [0, 0.1) is 5.92 Å². The van der Waals surface area contributed by atoms with Crippen LogP contribution in [0.15, 0.2) is 0 Å². The Balaban J connectivity index is 5.16. The second-order valence-corrected chi connectivity index (χ2v) is 3.78. The summed E-state index contributed by atoms with van der Waals surface area (Å²) in [4.78, 5) is 25.3. The molecule has 8 heteroatoms. The van der Waals surface area contributed by atoms with Crippen LogP contribution in [0.2, 0.25) is 0 Å². The van der Waals surface area contributed by atoms with Gasteiger partial charge in [0.1, 0.15) is 5.60 Å². The summed E-state index contributed by atoms with van der Waals surface area (Å²) in [6, 6.07) is 0. The molecule has 2 unspecified atom stereocenters. The summed E-state index contributed by atoms with van der Waals surface area (Å²) in [5, 5.41) is 9.43. The molecule has 1 N–H and O–H groups in total. The van der Waals surface area contributed by atoms with Crippen molar-refractivity contribution in [3.05, 3.63) is 5.53 Å². The van der Waals surface area contributed by atoms with Crippen LogP contribution in [-0.4, -0.2) is 46.0 Å². The summed E-state index contributed by atoms with van der Waals surface area (Å²) < 4.78 is 29.5. The Bertz CT molecular complexity index is 389. The van der Waals surface area contributed by atoms with Crippen molar-refractivity contribution in [3.8, 4) is 0 Å². The summed E-state index contributed by atoms with van der Waals surface area (Å²) in [5.41, 5.74) is 4.88. The highest BCUT2D eigenvalue weighted by molar-refractivity contribution is 6.62. The van der Waals surface area contributed by atoms with Gasteiger partial charge in [0, 0.05) is 0 Å². The van der Waals surface area contributed by atoms with Crippen molar-refractivity contribution < 1.29 is 33.0 Å². The highest BCUT2D eigenvalue weighted by Crippen LogP contribution is 2.25. The molecule has 0 aromatic carbocycles. The van der Waals surface area contributed by atoms with Gasteiger partial charge in [-0.15, -0.1) is 0 Å². The first-order chi connectivity index (χ1) is 8.19. The number of aliphatic hydroxyl groups is 1. The van der Waals surface area contributed by atoms with E-state index >= 15 is 0 Å². The van der Waals surface area contributed by atoms with Gasteiger partial charge in [-0.3, -0.25) is 4.79 Å². The van der Waals surface area contributed by atoms with E-state index in [1.807, 2.05) is 0 Å². The zero-order valence-electron chi connectivity index (χ0n) is 10.2.